The molecule has 0 unspecified atom stereocenters. The van der Waals surface area contributed by atoms with Crippen LogP contribution in [0, 0.1) is 5.82 Å². The number of carbonyl (C=O) groups excluding carboxylic acids is 1. The Bertz CT molecular complexity index is 850. The summed E-state index contributed by atoms with van der Waals surface area (Å²) in [6.45, 7) is 7.82. The van der Waals surface area contributed by atoms with Gasteiger partial charge in [-0.05, 0) is 39.0 Å². The zero-order chi connectivity index (χ0) is 20.3. The summed E-state index contributed by atoms with van der Waals surface area (Å²) < 4.78 is 19.5. The summed E-state index contributed by atoms with van der Waals surface area (Å²) in [5.41, 5.74) is 0.399. The second kappa shape index (κ2) is 8.18. The fraction of sp³-hybridized carbons (Fsp3) is 0.421. The molecule has 0 spiro atoms. The van der Waals surface area contributed by atoms with Crippen LogP contribution in [0.1, 0.15) is 20.8 Å². The number of benzene rings is 1. The minimum absolute atomic E-state index is 0.338. The average molecular weight is 408 g/mol. The van der Waals surface area contributed by atoms with Crippen molar-refractivity contribution in [1.29, 1.82) is 0 Å². The Morgan fingerprint density at radius 2 is 1.89 bits per heavy atom. The summed E-state index contributed by atoms with van der Waals surface area (Å²) in [6.07, 6.45) is 2.41. The van der Waals surface area contributed by atoms with Crippen LogP contribution in [0.3, 0.4) is 0 Å². The third-order valence-electron chi connectivity index (χ3n) is 4.16. The maximum Gasteiger partial charge on any atom is 0.412 e. The van der Waals surface area contributed by atoms with Gasteiger partial charge in [0, 0.05) is 31.2 Å². The first-order chi connectivity index (χ1) is 13.2. The van der Waals surface area contributed by atoms with E-state index in [0.717, 1.165) is 0 Å². The molecule has 2 heterocycles. The molecule has 28 heavy (non-hydrogen) atoms. The largest absolute Gasteiger partial charge is 0.444 e. The molecule has 1 aromatic heterocycles. The van der Waals surface area contributed by atoms with Gasteiger partial charge < -0.3 is 14.5 Å². The van der Waals surface area contributed by atoms with Gasteiger partial charge in [-0.3, -0.25) is 5.32 Å². The zero-order valence-corrected chi connectivity index (χ0v) is 16.8. The second-order valence-electron chi connectivity index (χ2n) is 7.46. The lowest BCUT2D eigenvalue weighted by atomic mass is 10.2. The van der Waals surface area contributed by atoms with Crippen molar-refractivity contribution in [2.45, 2.75) is 26.4 Å². The van der Waals surface area contributed by atoms with Crippen LogP contribution >= 0.6 is 11.6 Å². The second-order valence-corrected chi connectivity index (χ2v) is 7.89. The molecule has 2 aromatic rings. The van der Waals surface area contributed by atoms with Gasteiger partial charge in [-0.2, -0.15) is 0 Å². The van der Waals surface area contributed by atoms with Crippen LogP contribution in [-0.2, 0) is 4.74 Å². The number of nitrogens with one attached hydrogen (secondary N) is 1. The van der Waals surface area contributed by atoms with Crippen molar-refractivity contribution in [3.8, 4) is 0 Å². The number of hydrogen-bond donors (Lipinski definition) is 1. The summed E-state index contributed by atoms with van der Waals surface area (Å²) >= 11 is 5.83. The monoisotopic (exact) mass is 407 g/mol. The van der Waals surface area contributed by atoms with Crippen molar-refractivity contribution in [3.05, 3.63) is 41.6 Å². The molecule has 1 N–H and O–H groups in total. The number of halogens is 2. The van der Waals surface area contributed by atoms with E-state index in [1.165, 1.54) is 18.6 Å². The van der Waals surface area contributed by atoms with E-state index in [1.807, 2.05) is 9.80 Å². The fourth-order valence-electron chi connectivity index (χ4n) is 2.97. The van der Waals surface area contributed by atoms with Crippen LogP contribution in [0.25, 0.3) is 0 Å². The average Bonchev–Trinajstić information content (AvgIpc) is 2.61. The molecular formula is C19H23ClFN5O2. The summed E-state index contributed by atoms with van der Waals surface area (Å²) in [4.78, 5) is 24.4. The Balaban J connectivity index is 1.68. The van der Waals surface area contributed by atoms with Gasteiger partial charge in [0.2, 0.25) is 0 Å². The maximum absolute atomic E-state index is 14.2. The van der Waals surface area contributed by atoms with E-state index < -0.39 is 11.7 Å². The number of hydrogen-bond acceptors (Lipinski definition) is 6. The highest BCUT2D eigenvalue weighted by atomic mass is 35.5. The minimum Gasteiger partial charge on any atom is -0.444 e. The molecule has 1 aliphatic rings. The number of piperazine rings is 1. The van der Waals surface area contributed by atoms with Crippen LogP contribution in [0.15, 0.2) is 30.7 Å². The van der Waals surface area contributed by atoms with Crippen LogP contribution < -0.4 is 15.1 Å². The highest BCUT2D eigenvalue weighted by Gasteiger charge is 2.24. The standard InChI is InChI=1S/C19H23ClFN5O2/c1-19(2,3)28-18(27)24-15-11-22-12-23-17(15)26-8-6-25(7-9-26)16-5-4-13(20)10-14(16)21/h4-5,10-12H,6-9H2,1-3H3,(H,24,27). The number of nitrogens with zero attached hydrogens (tertiary/aromatic N) is 4. The van der Waals surface area contributed by atoms with Gasteiger partial charge in [-0.1, -0.05) is 11.6 Å². The van der Waals surface area contributed by atoms with E-state index in [-0.39, 0.29) is 5.82 Å². The number of carbonyl (C=O) groups is 1. The van der Waals surface area contributed by atoms with Crippen molar-refractivity contribution in [2.24, 2.45) is 0 Å². The molecule has 9 heteroatoms. The summed E-state index contributed by atoms with van der Waals surface area (Å²) in [5.74, 6) is 0.271. The molecule has 0 bridgehead atoms. The Morgan fingerprint density at radius 1 is 1.21 bits per heavy atom. The molecule has 1 saturated heterocycles. The molecule has 0 saturated carbocycles. The molecule has 3 rings (SSSR count). The quantitative estimate of drug-likeness (QED) is 0.830. The maximum atomic E-state index is 14.2. The smallest absolute Gasteiger partial charge is 0.412 e. The summed E-state index contributed by atoms with van der Waals surface area (Å²) in [7, 11) is 0. The van der Waals surface area contributed by atoms with Crippen LogP contribution in [0.2, 0.25) is 5.02 Å². The molecule has 0 aliphatic carbocycles. The highest BCUT2D eigenvalue weighted by Crippen LogP contribution is 2.27. The van der Waals surface area contributed by atoms with E-state index in [0.29, 0.717) is 48.4 Å². The molecule has 7 nitrogen and oxygen atoms in total. The Hall–Kier alpha value is -2.61. The summed E-state index contributed by atoms with van der Waals surface area (Å²) in [5, 5.41) is 3.08. The predicted octanol–water partition coefficient (Wildman–Crippen LogP) is 3.94. The molecule has 1 aliphatic heterocycles. The van der Waals surface area contributed by atoms with Gasteiger partial charge in [-0.25, -0.2) is 19.2 Å². The molecular weight excluding hydrogens is 385 g/mol. The van der Waals surface area contributed by atoms with Gasteiger partial charge in [0.1, 0.15) is 23.4 Å². The fourth-order valence-corrected chi connectivity index (χ4v) is 3.13. The Kier molecular flexibility index (Phi) is 5.88. The first-order valence-electron chi connectivity index (χ1n) is 8.98. The van der Waals surface area contributed by atoms with Crippen molar-refractivity contribution in [2.75, 3.05) is 41.3 Å². The highest BCUT2D eigenvalue weighted by molar-refractivity contribution is 6.30. The lowest BCUT2D eigenvalue weighted by molar-refractivity contribution is 0.0636. The Labute approximate surface area is 168 Å². The Morgan fingerprint density at radius 3 is 2.54 bits per heavy atom. The number of anilines is 3. The third-order valence-corrected chi connectivity index (χ3v) is 4.39. The number of aromatic nitrogens is 2. The van der Waals surface area contributed by atoms with Gasteiger partial charge in [0.15, 0.2) is 5.82 Å². The van der Waals surface area contributed by atoms with E-state index in [4.69, 9.17) is 16.3 Å². The predicted molar refractivity (Wildman–Crippen MR) is 108 cm³/mol. The van der Waals surface area contributed by atoms with E-state index >= 15 is 0 Å². The summed E-state index contributed by atoms with van der Waals surface area (Å²) in [6, 6.07) is 4.68. The zero-order valence-electron chi connectivity index (χ0n) is 16.1. The molecule has 0 atom stereocenters. The van der Waals surface area contributed by atoms with Gasteiger partial charge in [0.25, 0.3) is 0 Å². The molecule has 1 amide bonds. The lowest BCUT2D eigenvalue weighted by Crippen LogP contribution is -2.47. The van der Waals surface area contributed by atoms with Crippen molar-refractivity contribution in [1.82, 2.24) is 9.97 Å². The van der Waals surface area contributed by atoms with Crippen molar-refractivity contribution in [3.63, 3.8) is 0 Å². The lowest BCUT2D eigenvalue weighted by Gasteiger charge is -2.37. The van der Waals surface area contributed by atoms with Crippen LogP contribution in [0.4, 0.5) is 26.4 Å². The van der Waals surface area contributed by atoms with Crippen molar-refractivity contribution < 1.29 is 13.9 Å². The molecule has 0 radical (unpaired) electrons. The first-order valence-corrected chi connectivity index (χ1v) is 9.36. The molecule has 1 aromatic carbocycles. The normalized spacial score (nSPS) is 14.8. The minimum atomic E-state index is -0.603. The van der Waals surface area contributed by atoms with Gasteiger partial charge in [0.05, 0.1) is 11.9 Å². The van der Waals surface area contributed by atoms with E-state index in [1.54, 1.807) is 32.9 Å². The molecule has 1 fully saturated rings. The van der Waals surface area contributed by atoms with E-state index in [2.05, 4.69) is 15.3 Å². The van der Waals surface area contributed by atoms with Crippen LogP contribution in [0.5, 0.6) is 0 Å². The number of amides is 1. The van der Waals surface area contributed by atoms with E-state index in [9.17, 15) is 9.18 Å². The van der Waals surface area contributed by atoms with Crippen LogP contribution in [-0.4, -0.2) is 47.8 Å². The van der Waals surface area contributed by atoms with Gasteiger partial charge in [-0.15, -0.1) is 0 Å². The number of rotatable bonds is 3. The van der Waals surface area contributed by atoms with Crippen molar-refractivity contribution >= 4 is 34.9 Å². The SMILES string of the molecule is CC(C)(C)OC(=O)Nc1cncnc1N1CCN(c2ccc(Cl)cc2F)CC1. The van der Waals surface area contributed by atoms with Gasteiger partial charge >= 0.3 is 6.09 Å². The third kappa shape index (κ3) is 5.01. The topological polar surface area (TPSA) is 70.6 Å². The molecule has 150 valence electrons. The number of ether oxygens (including phenoxy) is 1. The first kappa shape index (κ1) is 20.1.